The van der Waals surface area contributed by atoms with Gasteiger partial charge in [0.25, 0.3) is 0 Å². The molecule has 0 atom stereocenters. The first kappa shape index (κ1) is 17.4. The number of aromatic nitrogens is 1. The molecule has 4 nitrogen and oxygen atoms in total. The number of nitrogens with zero attached hydrogens (tertiary/aromatic N) is 1. The molecule has 120 valence electrons. The minimum absolute atomic E-state index is 0.0264. The Morgan fingerprint density at radius 2 is 2.23 bits per heavy atom. The summed E-state index contributed by atoms with van der Waals surface area (Å²) in [5.41, 5.74) is 0.976. The number of nitrogens with one attached hydrogen (secondary N) is 2. The van der Waals surface area contributed by atoms with E-state index in [0.717, 1.165) is 28.1 Å². The Bertz CT molecular complexity index is 498. The molecule has 5 heteroatoms. The average Bonchev–Trinajstić information content (AvgIpc) is 2.55. The van der Waals surface area contributed by atoms with Crippen molar-refractivity contribution in [1.29, 1.82) is 0 Å². The van der Waals surface area contributed by atoms with E-state index in [4.69, 9.17) is 0 Å². The fourth-order valence-electron chi connectivity index (χ4n) is 2.69. The lowest BCUT2D eigenvalue weighted by Crippen LogP contribution is -2.28. The number of pyridine rings is 1. The molecule has 0 saturated carbocycles. The number of carbonyl (C=O) groups excluding carboxylic acids is 1. The molecule has 2 heterocycles. The standard InChI is InChI=1S/C17H24IN3O/c18-17-15(5-3-11-21-17)6-7-16(22)20-10-2-1-4-14-8-12-19-13-9-14/h3,5-7,11,14,19H,1-2,4,8-10,12-13H2,(H,20,22)/b7-6+. The van der Waals surface area contributed by atoms with Crippen LogP contribution in [0.2, 0.25) is 0 Å². The fraction of sp³-hybridized carbons (Fsp3) is 0.529. The van der Waals surface area contributed by atoms with Gasteiger partial charge in [-0.3, -0.25) is 4.79 Å². The van der Waals surface area contributed by atoms with Crippen LogP contribution >= 0.6 is 22.6 Å². The highest BCUT2D eigenvalue weighted by atomic mass is 127. The third kappa shape index (κ3) is 6.44. The monoisotopic (exact) mass is 413 g/mol. The van der Waals surface area contributed by atoms with Crippen LogP contribution in [0, 0.1) is 9.62 Å². The molecule has 0 radical (unpaired) electrons. The van der Waals surface area contributed by atoms with E-state index >= 15 is 0 Å². The number of amides is 1. The van der Waals surface area contributed by atoms with Crippen molar-refractivity contribution in [3.05, 3.63) is 33.7 Å². The minimum atomic E-state index is -0.0264. The van der Waals surface area contributed by atoms with Crippen molar-refractivity contribution >= 4 is 34.6 Å². The zero-order valence-corrected chi connectivity index (χ0v) is 15.0. The lowest BCUT2D eigenvalue weighted by molar-refractivity contribution is -0.116. The van der Waals surface area contributed by atoms with Crippen LogP contribution in [0.15, 0.2) is 24.4 Å². The van der Waals surface area contributed by atoms with E-state index in [1.807, 2.05) is 18.2 Å². The highest BCUT2D eigenvalue weighted by Crippen LogP contribution is 2.18. The zero-order chi connectivity index (χ0) is 15.6. The summed E-state index contributed by atoms with van der Waals surface area (Å²) in [5.74, 6) is 0.853. The van der Waals surface area contributed by atoms with Gasteiger partial charge in [0.15, 0.2) is 0 Å². The van der Waals surface area contributed by atoms with Crippen LogP contribution in [0.4, 0.5) is 0 Å². The van der Waals surface area contributed by atoms with E-state index in [1.54, 1.807) is 12.3 Å². The molecule has 0 aliphatic carbocycles. The molecule has 0 unspecified atom stereocenters. The Labute approximate surface area is 146 Å². The second kappa shape index (κ2) is 9.94. The van der Waals surface area contributed by atoms with Crippen LogP contribution in [0.25, 0.3) is 6.08 Å². The molecule has 1 saturated heterocycles. The van der Waals surface area contributed by atoms with Gasteiger partial charge in [0.1, 0.15) is 3.70 Å². The number of hydrogen-bond acceptors (Lipinski definition) is 3. The van der Waals surface area contributed by atoms with E-state index in [0.29, 0.717) is 0 Å². The summed E-state index contributed by atoms with van der Waals surface area (Å²) in [6, 6.07) is 3.83. The van der Waals surface area contributed by atoms with Gasteiger partial charge in [-0.2, -0.15) is 0 Å². The van der Waals surface area contributed by atoms with Crippen molar-refractivity contribution in [2.24, 2.45) is 5.92 Å². The highest BCUT2D eigenvalue weighted by molar-refractivity contribution is 14.1. The molecule has 0 spiro atoms. The Hall–Kier alpha value is -0.950. The Morgan fingerprint density at radius 3 is 3.00 bits per heavy atom. The van der Waals surface area contributed by atoms with Gasteiger partial charge >= 0.3 is 0 Å². The maximum absolute atomic E-state index is 11.8. The summed E-state index contributed by atoms with van der Waals surface area (Å²) in [6.07, 6.45) is 11.3. The number of rotatable bonds is 7. The van der Waals surface area contributed by atoms with E-state index in [1.165, 1.54) is 38.8 Å². The van der Waals surface area contributed by atoms with Crippen LogP contribution in [-0.2, 0) is 4.79 Å². The van der Waals surface area contributed by atoms with Crippen molar-refractivity contribution in [3.63, 3.8) is 0 Å². The summed E-state index contributed by atoms with van der Waals surface area (Å²) >= 11 is 2.17. The first-order valence-corrected chi connectivity index (χ1v) is 9.11. The fourth-order valence-corrected chi connectivity index (χ4v) is 3.21. The number of halogens is 1. The van der Waals surface area contributed by atoms with Crippen LogP contribution in [0.3, 0.4) is 0 Å². The minimum Gasteiger partial charge on any atom is -0.353 e. The van der Waals surface area contributed by atoms with Crippen LogP contribution in [0.5, 0.6) is 0 Å². The first-order valence-electron chi connectivity index (χ1n) is 8.03. The molecule has 1 aromatic heterocycles. The third-order valence-corrected chi connectivity index (χ3v) is 4.90. The van der Waals surface area contributed by atoms with Gasteiger partial charge in [-0.05, 0) is 73.0 Å². The summed E-state index contributed by atoms with van der Waals surface area (Å²) in [5, 5.41) is 6.34. The summed E-state index contributed by atoms with van der Waals surface area (Å²) in [4.78, 5) is 16.0. The number of piperidine rings is 1. The van der Waals surface area contributed by atoms with Crippen LogP contribution in [0.1, 0.15) is 37.7 Å². The Balaban J connectivity index is 1.58. The van der Waals surface area contributed by atoms with Gasteiger partial charge < -0.3 is 10.6 Å². The normalized spacial score (nSPS) is 16.0. The molecule has 0 aromatic carbocycles. The molecule has 2 N–H and O–H groups in total. The van der Waals surface area contributed by atoms with Crippen molar-refractivity contribution in [2.75, 3.05) is 19.6 Å². The molecule has 22 heavy (non-hydrogen) atoms. The predicted octanol–water partition coefficient (Wildman–Crippen LogP) is 2.99. The molecular weight excluding hydrogens is 389 g/mol. The predicted molar refractivity (Wildman–Crippen MR) is 98.4 cm³/mol. The van der Waals surface area contributed by atoms with E-state index in [-0.39, 0.29) is 5.91 Å². The Morgan fingerprint density at radius 1 is 1.41 bits per heavy atom. The second-order valence-electron chi connectivity index (χ2n) is 5.70. The largest absolute Gasteiger partial charge is 0.353 e. The lowest BCUT2D eigenvalue weighted by atomic mass is 9.92. The SMILES string of the molecule is O=C(/C=C/c1cccnc1I)NCCCCC1CCNCC1. The number of carbonyl (C=O) groups is 1. The summed E-state index contributed by atoms with van der Waals surface area (Å²) in [7, 11) is 0. The lowest BCUT2D eigenvalue weighted by Gasteiger charge is -2.22. The molecule has 1 amide bonds. The van der Waals surface area contributed by atoms with Gasteiger partial charge in [-0.15, -0.1) is 0 Å². The summed E-state index contributed by atoms with van der Waals surface area (Å²) in [6.45, 7) is 3.09. The quantitative estimate of drug-likeness (QED) is 0.313. The molecule has 1 aliphatic heterocycles. The van der Waals surface area contributed by atoms with Gasteiger partial charge in [0.2, 0.25) is 5.91 Å². The highest BCUT2D eigenvalue weighted by Gasteiger charge is 2.11. The van der Waals surface area contributed by atoms with Crippen molar-refractivity contribution in [2.45, 2.75) is 32.1 Å². The van der Waals surface area contributed by atoms with Crippen LogP contribution < -0.4 is 10.6 Å². The van der Waals surface area contributed by atoms with Gasteiger partial charge in [0.05, 0.1) is 0 Å². The van der Waals surface area contributed by atoms with Crippen LogP contribution in [-0.4, -0.2) is 30.5 Å². The maximum Gasteiger partial charge on any atom is 0.244 e. The van der Waals surface area contributed by atoms with E-state index in [9.17, 15) is 4.79 Å². The average molecular weight is 413 g/mol. The first-order chi connectivity index (χ1) is 10.8. The topological polar surface area (TPSA) is 54.0 Å². The van der Waals surface area contributed by atoms with Gasteiger partial charge in [-0.25, -0.2) is 4.98 Å². The molecule has 1 aliphatic rings. The number of unbranched alkanes of at least 4 members (excludes halogenated alkanes) is 1. The molecule has 2 rings (SSSR count). The second-order valence-corrected chi connectivity index (χ2v) is 6.72. The smallest absolute Gasteiger partial charge is 0.244 e. The molecule has 0 bridgehead atoms. The van der Waals surface area contributed by atoms with E-state index in [2.05, 4.69) is 38.2 Å². The number of hydrogen-bond donors (Lipinski definition) is 2. The van der Waals surface area contributed by atoms with Gasteiger partial charge in [-0.1, -0.05) is 18.9 Å². The molecular formula is C17H24IN3O. The van der Waals surface area contributed by atoms with Crippen molar-refractivity contribution in [1.82, 2.24) is 15.6 Å². The van der Waals surface area contributed by atoms with Crippen molar-refractivity contribution < 1.29 is 4.79 Å². The summed E-state index contributed by atoms with van der Waals surface area (Å²) < 4.78 is 0.908. The zero-order valence-electron chi connectivity index (χ0n) is 12.9. The van der Waals surface area contributed by atoms with E-state index < -0.39 is 0 Å². The molecule has 1 fully saturated rings. The van der Waals surface area contributed by atoms with Gasteiger partial charge in [0, 0.05) is 24.4 Å². The maximum atomic E-state index is 11.8. The van der Waals surface area contributed by atoms with Crippen molar-refractivity contribution in [3.8, 4) is 0 Å². The third-order valence-electron chi connectivity index (χ3n) is 4.00. The Kier molecular flexibility index (Phi) is 7.87. The molecule has 1 aromatic rings.